The fourth-order valence-electron chi connectivity index (χ4n) is 2.68. The average Bonchev–Trinajstić information content (AvgIpc) is 3.22. The Morgan fingerprint density at radius 1 is 1.43 bits per heavy atom. The number of nitrogens with one attached hydrogen (secondary N) is 1. The lowest BCUT2D eigenvalue weighted by Crippen LogP contribution is -2.40. The monoisotopic (exact) mass is 359 g/mol. The molecule has 1 aliphatic rings. The molecule has 8 heteroatoms. The molecule has 23 heavy (non-hydrogen) atoms. The van der Waals surface area contributed by atoms with Gasteiger partial charge in [0.25, 0.3) is 5.91 Å². The maximum Gasteiger partial charge on any atom is 0.263 e. The summed E-state index contributed by atoms with van der Waals surface area (Å²) in [5.74, 6) is -0.343. The van der Waals surface area contributed by atoms with Gasteiger partial charge in [0.2, 0.25) is 10.0 Å². The first kappa shape index (κ1) is 18.4. The quantitative estimate of drug-likeness (QED) is 0.740. The SMILES string of the molecule is CCCCC(CN)NC(=O)c1sccc1S(=O)(=O)N1CCCC1. The van der Waals surface area contributed by atoms with Gasteiger partial charge in [-0.05, 0) is 30.7 Å². The largest absolute Gasteiger partial charge is 0.347 e. The zero-order chi connectivity index (χ0) is 16.9. The smallest absolute Gasteiger partial charge is 0.263 e. The number of thiophene rings is 1. The number of nitrogens with two attached hydrogens (primary N) is 1. The van der Waals surface area contributed by atoms with Crippen LogP contribution in [0, 0.1) is 0 Å². The molecule has 0 aromatic carbocycles. The number of hydrogen-bond acceptors (Lipinski definition) is 5. The molecule has 0 radical (unpaired) electrons. The predicted molar refractivity (Wildman–Crippen MR) is 92.1 cm³/mol. The molecule has 1 amide bonds. The van der Waals surface area contributed by atoms with Gasteiger partial charge in [-0.2, -0.15) is 4.31 Å². The molecule has 1 saturated heterocycles. The molecular formula is C15H25N3O3S2. The van der Waals surface area contributed by atoms with Crippen molar-refractivity contribution in [1.82, 2.24) is 9.62 Å². The highest BCUT2D eigenvalue weighted by atomic mass is 32.2. The summed E-state index contributed by atoms with van der Waals surface area (Å²) < 4.78 is 26.8. The Labute approximate surface area is 142 Å². The van der Waals surface area contributed by atoms with Gasteiger partial charge in [0.1, 0.15) is 9.77 Å². The van der Waals surface area contributed by atoms with Crippen LogP contribution in [0.2, 0.25) is 0 Å². The number of carbonyl (C=O) groups is 1. The van der Waals surface area contributed by atoms with Crippen molar-refractivity contribution < 1.29 is 13.2 Å². The molecular weight excluding hydrogens is 334 g/mol. The molecule has 0 saturated carbocycles. The topological polar surface area (TPSA) is 92.5 Å². The summed E-state index contributed by atoms with van der Waals surface area (Å²) in [5.41, 5.74) is 5.70. The molecule has 3 N–H and O–H groups in total. The van der Waals surface area contributed by atoms with Gasteiger partial charge in [0.05, 0.1) is 0 Å². The second-order valence-electron chi connectivity index (χ2n) is 5.77. The summed E-state index contributed by atoms with van der Waals surface area (Å²) in [7, 11) is -3.58. The van der Waals surface area contributed by atoms with Gasteiger partial charge >= 0.3 is 0 Å². The Morgan fingerprint density at radius 2 is 2.13 bits per heavy atom. The molecule has 1 atom stereocenters. The van der Waals surface area contributed by atoms with Crippen LogP contribution in [0.5, 0.6) is 0 Å². The molecule has 1 aliphatic heterocycles. The van der Waals surface area contributed by atoms with Gasteiger partial charge in [0, 0.05) is 25.7 Å². The number of hydrogen-bond donors (Lipinski definition) is 2. The molecule has 0 aliphatic carbocycles. The van der Waals surface area contributed by atoms with E-state index in [0.717, 1.165) is 43.4 Å². The van der Waals surface area contributed by atoms with Gasteiger partial charge in [0.15, 0.2) is 0 Å². The highest BCUT2D eigenvalue weighted by molar-refractivity contribution is 7.89. The highest BCUT2D eigenvalue weighted by Gasteiger charge is 2.32. The Hall–Kier alpha value is -0.960. The number of nitrogens with zero attached hydrogens (tertiary/aromatic N) is 1. The van der Waals surface area contributed by atoms with Crippen molar-refractivity contribution >= 4 is 27.3 Å². The molecule has 0 bridgehead atoms. The molecule has 1 aromatic rings. The minimum Gasteiger partial charge on any atom is -0.347 e. The molecule has 1 unspecified atom stereocenters. The Balaban J connectivity index is 2.15. The van der Waals surface area contributed by atoms with Gasteiger partial charge < -0.3 is 11.1 Å². The first-order chi connectivity index (χ1) is 11.0. The number of unbranched alkanes of at least 4 members (excludes halogenated alkanes) is 1. The second-order valence-corrected chi connectivity index (χ2v) is 8.60. The predicted octanol–water partition coefficient (Wildman–Crippen LogP) is 1.78. The zero-order valence-electron chi connectivity index (χ0n) is 13.5. The van der Waals surface area contributed by atoms with Crippen LogP contribution in [0.25, 0.3) is 0 Å². The lowest BCUT2D eigenvalue weighted by molar-refractivity contribution is 0.0936. The van der Waals surface area contributed by atoms with Crippen LogP contribution in [-0.4, -0.2) is 44.3 Å². The van der Waals surface area contributed by atoms with E-state index in [9.17, 15) is 13.2 Å². The summed E-state index contributed by atoms with van der Waals surface area (Å²) in [6, 6.07) is 1.41. The van der Waals surface area contributed by atoms with Crippen molar-refractivity contribution in [3.05, 3.63) is 16.3 Å². The van der Waals surface area contributed by atoms with Crippen molar-refractivity contribution in [2.24, 2.45) is 5.73 Å². The van der Waals surface area contributed by atoms with E-state index in [-0.39, 0.29) is 21.7 Å². The highest BCUT2D eigenvalue weighted by Crippen LogP contribution is 2.27. The van der Waals surface area contributed by atoms with Crippen LogP contribution >= 0.6 is 11.3 Å². The number of rotatable bonds is 8. The summed E-state index contributed by atoms with van der Waals surface area (Å²) in [4.78, 5) is 12.9. The standard InChI is InChI=1S/C15H25N3O3S2/c1-2-3-6-12(11-16)17-15(19)14-13(7-10-22-14)23(20,21)18-8-4-5-9-18/h7,10,12H,2-6,8-9,11,16H2,1H3,(H,17,19). The lowest BCUT2D eigenvalue weighted by atomic mass is 10.1. The van der Waals surface area contributed by atoms with Crippen LogP contribution in [0.15, 0.2) is 16.3 Å². The van der Waals surface area contributed by atoms with Crippen LogP contribution in [0.3, 0.4) is 0 Å². The van der Waals surface area contributed by atoms with Crippen LogP contribution in [0.1, 0.15) is 48.7 Å². The van der Waals surface area contributed by atoms with Gasteiger partial charge in [-0.1, -0.05) is 19.8 Å². The molecule has 1 aromatic heterocycles. The third-order valence-electron chi connectivity index (χ3n) is 4.04. The molecule has 130 valence electrons. The Kier molecular flexibility index (Phi) is 6.58. The summed E-state index contributed by atoms with van der Waals surface area (Å²) in [5, 5.41) is 4.52. The first-order valence-corrected chi connectivity index (χ1v) is 10.4. The number of amides is 1. The molecule has 1 fully saturated rings. The van der Waals surface area contributed by atoms with Crippen LogP contribution in [-0.2, 0) is 10.0 Å². The second kappa shape index (κ2) is 8.23. The van der Waals surface area contributed by atoms with E-state index in [4.69, 9.17) is 5.73 Å². The molecule has 2 rings (SSSR count). The average molecular weight is 360 g/mol. The van der Waals surface area contributed by atoms with Crippen molar-refractivity contribution in [3.8, 4) is 0 Å². The third-order valence-corrected chi connectivity index (χ3v) is 7.03. The number of sulfonamides is 1. The van der Waals surface area contributed by atoms with Gasteiger partial charge in [-0.25, -0.2) is 8.42 Å². The summed E-state index contributed by atoms with van der Waals surface area (Å²) in [6.07, 6.45) is 4.55. The fraction of sp³-hybridized carbons (Fsp3) is 0.667. The first-order valence-electron chi connectivity index (χ1n) is 8.09. The van der Waals surface area contributed by atoms with Crippen LogP contribution < -0.4 is 11.1 Å². The fourth-order valence-corrected chi connectivity index (χ4v) is 5.50. The van der Waals surface area contributed by atoms with E-state index < -0.39 is 10.0 Å². The zero-order valence-corrected chi connectivity index (χ0v) is 15.1. The van der Waals surface area contributed by atoms with E-state index in [1.54, 1.807) is 5.38 Å². The van der Waals surface area contributed by atoms with Crippen molar-refractivity contribution in [3.63, 3.8) is 0 Å². The third kappa shape index (κ3) is 4.32. The Morgan fingerprint density at radius 3 is 2.74 bits per heavy atom. The van der Waals surface area contributed by atoms with Crippen LogP contribution in [0.4, 0.5) is 0 Å². The van der Waals surface area contributed by atoms with E-state index in [2.05, 4.69) is 12.2 Å². The minimum atomic E-state index is -3.58. The van der Waals surface area contributed by atoms with Gasteiger partial charge in [-0.15, -0.1) is 11.3 Å². The van der Waals surface area contributed by atoms with E-state index in [0.29, 0.717) is 19.6 Å². The maximum atomic E-state index is 12.7. The van der Waals surface area contributed by atoms with E-state index in [1.807, 2.05) is 0 Å². The minimum absolute atomic E-state index is 0.119. The van der Waals surface area contributed by atoms with Gasteiger partial charge in [-0.3, -0.25) is 4.79 Å². The summed E-state index contributed by atoms with van der Waals surface area (Å²) >= 11 is 1.16. The van der Waals surface area contributed by atoms with E-state index in [1.165, 1.54) is 10.4 Å². The summed E-state index contributed by atoms with van der Waals surface area (Å²) in [6.45, 7) is 3.49. The van der Waals surface area contributed by atoms with E-state index >= 15 is 0 Å². The number of carbonyl (C=O) groups excluding carboxylic acids is 1. The molecule has 2 heterocycles. The van der Waals surface area contributed by atoms with Crippen molar-refractivity contribution in [2.45, 2.75) is 50.0 Å². The normalized spacial score (nSPS) is 17.3. The Bertz CT molecular complexity index is 622. The molecule has 0 spiro atoms. The lowest BCUT2D eigenvalue weighted by Gasteiger charge is -2.18. The van der Waals surface area contributed by atoms with Crippen molar-refractivity contribution in [1.29, 1.82) is 0 Å². The molecule has 6 nitrogen and oxygen atoms in total. The maximum absolute atomic E-state index is 12.7. The van der Waals surface area contributed by atoms with Crippen molar-refractivity contribution in [2.75, 3.05) is 19.6 Å².